The summed E-state index contributed by atoms with van der Waals surface area (Å²) in [6, 6.07) is 3.59. The van der Waals surface area contributed by atoms with E-state index in [9.17, 15) is 4.79 Å². The number of esters is 1. The lowest BCUT2D eigenvalue weighted by Gasteiger charge is -2.00. The lowest BCUT2D eigenvalue weighted by molar-refractivity contribution is -0.132. The summed E-state index contributed by atoms with van der Waals surface area (Å²) >= 11 is 3.33. The van der Waals surface area contributed by atoms with Gasteiger partial charge in [0, 0.05) is 24.5 Å². The van der Waals surface area contributed by atoms with Crippen LogP contribution in [0.4, 0.5) is 0 Å². The zero-order chi connectivity index (χ0) is 9.68. The second kappa shape index (κ2) is 4.97. The first-order valence-electron chi connectivity index (χ1n) is 3.91. The van der Waals surface area contributed by atoms with E-state index in [1.165, 1.54) is 6.92 Å². The maximum atomic E-state index is 10.6. The highest BCUT2D eigenvalue weighted by Crippen LogP contribution is 2.08. The van der Waals surface area contributed by atoms with Gasteiger partial charge in [-0.3, -0.25) is 4.79 Å². The molecule has 0 amide bonds. The molecule has 0 spiro atoms. The summed E-state index contributed by atoms with van der Waals surface area (Å²) in [5, 5.41) is 0.904. The van der Waals surface area contributed by atoms with Crippen LogP contribution in [0.5, 0.6) is 5.88 Å². The number of ether oxygens (including phenoxy) is 1. The van der Waals surface area contributed by atoms with Gasteiger partial charge in [0.05, 0.1) is 0 Å². The molecule has 70 valence electrons. The first kappa shape index (κ1) is 10.2. The van der Waals surface area contributed by atoms with Crippen molar-refractivity contribution >= 4 is 21.9 Å². The van der Waals surface area contributed by atoms with Crippen LogP contribution in [-0.4, -0.2) is 16.3 Å². The molecule has 0 N–H and O–H groups in total. The fraction of sp³-hybridized carbons (Fsp3) is 0.333. The van der Waals surface area contributed by atoms with Gasteiger partial charge in [-0.1, -0.05) is 22.0 Å². The first-order valence-corrected chi connectivity index (χ1v) is 5.04. The number of hydrogen-bond acceptors (Lipinski definition) is 3. The van der Waals surface area contributed by atoms with Gasteiger partial charge in [-0.25, -0.2) is 4.98 Å². The van der Waals surface area contributed by atoms with Gasteiger partial charge < -0.3 is 4.74 Å². The van der Waals surface area contributed by atoms with Gasteiger partial charge in [0.25, 0.3) is 0 Å². The van der Waals surface area contributed by atoms with Gasteiger partial charge in [-0.05, 0) is 12.0 Å². The molecule has 13 heavy (non-hydrogen) atoms. The number of pyridine rings is 1. The van der Waals surface area contributed by atoms with Crippen LogP contribution < -0.4 is 4.74 Å². The van der Waals surface area contributed by atoms with Gasteiger partial charge in [0.15, 0.2) is 0 Å². The number of carbonyl (C=O) groups is 1. The number of hydrogen-bond donors (Lipinski definition) is 0. The van der Waals surface area contributed by atoms with Gasteiger partial charge >= 0.3 is 5.97 Å². The highest BCUT2D eigenvalue weighted by molar-refractivity contribution is 9.09. The molecule has 0 saturated heterocycles. The Hall–Kier alpha value is -0.900. The predicted molar refractivity (Wildman–Crippen MR) is 53.0 cm³/mol. The van der Waals surface area contributed by atoms with Crippen LogP contribution in [0.2, 0.25) is 0 Å². The molecule has 3 nitrogen and oxygen atoms in total. The van der Waals surface area contributed by atoms with Crippen LogP contribution >= 0.6 is 15.9 Å². The van der Waals surface area contributed by atoms with E-state index < -0.39 is 0 Å². The molecule has 1 aromatic heterocycles. The Morgan fingerprint density at radius 2 is 2.38 bits per heavy atom. The quantitative estimate of drug-likeness (QED) is 0.602. The van der Waals surface area contributed by atoms with E-state index in [1.807, 2.05) is 6.07 Å². The minimum Gasteiger partial charge on any atom is -0.408 e. The molecule has 0 aliphatic carbocycles. The van der Waals surface area contributed by atoms with E-state index in [0.29, 0.717) is 5.88 Å². The lowest BCUT2D eigenvalue weighted by atomic mass is 10.2. The number of nitrogens with zero attached hydrogens (tertiary/aromatic N) is 1. The van der Waals surface area contributed by atoms with Crippen molar-refractivity contribution in [1.82, 2.24) is 4.98 Å². The van der Waals surface area contributed by atoms with Crippen LogP contribution in [0.3, 0.4) is 0 Å². The first-order chi connectivity index (χ1) is 6.22. The van der Waals surface area contributed by atoms with E-state index in [2.05, 4.69) is 20.9 Å². The third-order valence-corrected chi connectivity index (χ3v) is 1.83. The van der Waals surface area contributed by atoms with Crippen LogP contribution in [0, 0.1) is 0 Å². The molecule has 1 aromatic rings. The average molecular weight is 244 g/mol. The Bertz CT molecular complexity index is 284. The summed E-state index contributed by atoms with van der Waals surface area (Å²) in [4.78, 5) is 14.5. The number of alkyl halides is 1. The van der Waals surface area contributed by atoms with Crippen molar-refractivity contribution in [1.29, 1.82) is 0 Å². The number of rotatable bonds is 3. The Kier molecular flexibility index (Phi) is 3.89. The Labute approximate surface area is 85.3 Å². The van der Waals surface area contributed by atoms with Crippen molar-refractivity contribution in [3.63, 3.8) is 0 Å². The molecule has 0 aliphatic rings. The molecule has 0 aliphatic heterocycles. The zero-order valence-electron chi connectivity index (χ0n) is 7.29. The van der Waals surface area contributed by atoms with Crippen LogP contribution in [0.15, 0.2) is 18.3 Å². The fourth-order valence-electron chi connectivity index (χ4n) is 0.876. The van der Waals surface area contributed by atoms with Gasteiger partial charge in [0.2, 0.25) is 5.88 Å². The third-order valence-electron chi connectivity index (χ3n) is 1.43. The highest BCUT2D eigenvalue weighted by atomic mass is 79.9. The molecule has 1 rings (SSSR count). The second-order valence-corrected chi connectivity index (χ2v) is 3.33. The molecule has 0 unspecified atom stereocenters. The van der Waals surface area contributed by atoms with E-state index in [1.54, 1.807) is 12.3 Å². The molecule has 0 bridgehead atoms. The molecule has 0 radical (unpaired) electrons. The van der Waals surface area contributed by atoms with Crippen LogP contribution in [0.25, 0.3) is 0 Å². The molecule has 0 fully saturated rings. The summed E-state index contributed by atoms with van der Waals surface area (Å²) in [7, 11) is 0. The molecule has 4 heteroatoms. The normalized spacial score (nSPS) is 9.69. The number of aromatic nitrogens is 1. The summed E-state index contributed by atoms with van der Waals surface area (Å²) in [5.41, 5.74) is 1.12. The monoisotopic (exact) mass is 243 g/mol. The minimum atomic E-state index is -0.347. The zero-order valence-corrected chi connectivity index (χ0v) is 8.87. The highest BCUT2D eigenvalue weighted by Gasteiger charge is 1.98. The topological polar surface area (TPSA) is 39.2 Å². The third kappa shape index (κ3) is 3.55. The van der Waals surface area contributed by atoms with E-state index in [-0.39, 0.29) is 5.97 Å². The van der Waals surface area contributed by atoms with Gasteiger partial charge in [0.1, 0.15) is 0 Å². The molecule has 1 heterocycles. The van der Waals surface area contributed by atoms with Crippen molar-refractivity contribution < 1.29 is 9.53 Å². The molecule has 0 saturated carbocycles. The smallest absolute Gasteiger partial charge is 0.309 e. The second-order valence-electron chi connectivity index (χ2n) is 2.54. The average Bonchev–Trinajstić information content (AvgIpc) is 2.08. The number of aryl methyl sites for hydroxylation is 1. The van der Waals surface area contributed by atoms with Gasteiger partial charge in [-0.15, -0.1) is 0 Å². The summed E-state index contributed by atoms with van der Waals surface area (Å²) in [5.74, 6) is 0.00608. The largest absolute Gasteiger partial charge is 0.408 e. The van der Waals surface area contributed by atoms with Crippen molar-refractivity contribution in [2.45, 2.75) is 13.3 Å². The Morgan fingerprint density at radius 1 is 1.62 bits per heavy atom. The summed E-state index contributed by atoms with van der Waals surface area (Å²) < 4.78 is 4.79. The summed E-state index contributed by atoms with van der Waals surface area (Å²) in [6.07, 6.45) is 2.63. The summed E-state index contributed by atoms with van der Waals surface area (Å²) in [6.45, 7) is 1.36. The van der Waals surface area contributed by atoms with Crippen molar-refractivity contribution in [2.24, 2.45) is 0 Å². The maximum Gasteiger partial charge on any atom is 0.309 e. The van der Waals surface area contributed by atoms with Crippen molar-refractivity contribution in [3.8, 4) is 5.88 Å². The molecular weight excluding hydrogens is 234 g/mol. The number of carbonyl (C=O) groups excluding carboxylic acids is 1. The fourth-order valence-corrected chi connectivity index (χ4v) is 1.33. The van der Waals surface area contributed by atoms with E-state index in [4.69, 9.17) is 4.74 Å². The van der Waals surface area contributed by atoms with E-state index >= 15 is 0 Å². The minimum absolute atomic E-state index is 0.347. The standard InChI is InChI=1S/C9H10BrNO2/c1-7(12)13-9-3-2-8(4-5-10)6-11-9/h2-3,6H,4-5H2,1H3. The SMILES string of the molecule is CC(=O)Oc1ccc(CCBr)cn1. The predicted octanol–water partition coefficient (Wildman–Crippen LogP) is 1.94. The van der Waals surface area contributed by atoms with Crippen LogP contribution in [0.1, 0.15) is 12.5 Å². The van der Waals surface area contributed by atoms with Crippen molar-refractivity contribution in [2.75, 3.05) is 5.33 Å². The van der Waals surface area contributed by atoms with Crippen LogP contribution in [-0.2, 0) is 11.2 Å². The Morgan fingerprint density at radius 3 is 2.85 bits per heavy atom. The molecule has 0 atom stereocenters. The van der Waals surface area contributed by atoms with E-state index in [0.717, 1.165) is 17.3 Å². The Balaban J connectivity index is 2.64. The lowest BCUT2D eigenvalue weighted by Crippen LogP contribution is -2.03. The maximum absolute atomic E-state index is 10.6. The number of halogens is 1. The van der Waals surface area contributed by atoms with Crippen molar-refractivity contribution in [3.05, 3.63) is 23.9 Å². The van der Waals surface area contributed by atoms with Gasteiger partial charge in [-0.2, -0.15) is 0 Å². The molecule has 0 aromatic carbocycles. The molecular formula is C9H10BrNO2.